The highest BCUT2D eigenvalue weighted by Gasteiger charge is 2.43. The molecule has 2 heterocycles. The van der Waals surface area contributed by atoms with E-state index in [9.17, 15) is 0 Å². The third kappa shape index (κ3) is 0.779. The average Bonchev–Trinajstić information content (AvgIpc) is 2.41. The minimum atomic E-state index is 0.106. The second-order valence-electron chi connectivity index (χ2n) is 3.24. The highest BCUT2D eigenvalue weighted by atomic mass is 16.6. The normalized spacial score (nSPS) is 53.4. The van der Waals surface area contributed by atoms with E-state index in [1.807, 2.05) is 0 Å². The molecule has 2 rings (SSSR count). The van der Waals surface area contributed by atoms with Gasteiger partial charge in [0.25, 0.3) is 0 Å². The highest BCUT2D eigenvalue weighted by Crippen LogP contribution is 2.29. The molecule has 10 heavy (non-hydrogen) atoms. The van der Waals surface area contributed by atoms with E-state index in [-0.39, 0.29) is 18.2 Å². The Balaban J connectivity index is 2.09. The van der Waals surface area contributed by atoms with E-state index in [0.29, 0.717) is 12.5 Å². The largest absolute Gasteiger partial charge is 0.373 e. The number of ether oxygens (including phenoxy) is 2. The summed E-state index contributed by atoms with van der Waals surface area (Å²) in [6, 6.07) is 0.106. The molecule has 0 aromatic rings. The summed E-state index contributed by atoms with van der Waals surface area (Å²) in [4.78, 5) is 0. The topological polar surface area (TPSA) is 44.5 Å². The molecule has 0 bridgehead atoms. The number of hydrogen-bond acceptors (Lipinski definition) is 3. The fraction of sp³-hybridized carbons (Fsp3) is 1.00. The van der Waals surface area contributed by atoms with Crippen LogP contribution in [0.2, 0.25) is 0 Å². The molecule has 0 radical (unpaired) electrons. The molecule has 2 unspecified atom stereocenters. The van der Waals surface area contributed by atoms with Crippen LogP contribution in [0.5, 0.6) is 0 Å². The molecule has 0 spiro atoms. The lowest BCUT2D eigenvalue weighted by molar-refractivity contribution is 0.0650. The molecule has 0 aromatic heterocycles. The zero-order chi connectivity index (χ0) is 7.14. The monoisotopic (exact) mass is 143 g/mol. The SMILES string of the molecule is C[C@@H]1COC2C1OC[C@H]2N. The zero-order valence-corrected chi connectivity index (χ0v) is 6.12. The van der Waals surface area contributed by atoms with Crippen LogP contribution in [0, 0.1) is 5.92 Å². The van der Waals surface area contributed by atoms with Crippen LogP contribution < -0.4 is 5.73 Å². The minimum absolute atomic E-state index is 0.106. The van der Waals surface area contributed by atoms with Gasteiger partial charge in [-0.1, -0.05) is 6.92 Å². The predicted octanol–water partition coefficient (Wildman–Crippen LogP) is -0.253. The van der Waals surface area contributed by atoms with E-state index in [1.165, 1.54) is 0 Å². The molecule has 0 amide bonds. The maximum absolute atomic E-state index is 5.73. The summed E-state index contributed by atoms with van der Waals surface area (Å²) in [7, 11) is 0. The molecule has 3 nitrogen and oxygen atoms in total. The second kappa shape index (κ2) is 2.19. The van der Waals surface area contributed by atoms with Crippen molar-refractivity contribution >= 4 is 0 Å². The fourth-order valence-corrected chi connectivity index (χ4v) is 1.72. The van der Waals surface area contributed by atoms with E-state index in [2.05, 4.69) is 6.92 Å². The van der Waals surface area contributed by atoms with E-state index in [1.54, 1.807) is 0 Å². The number of hydrogen-bond donors (Lipinski definition) is 1. The molecular weight excluding hydrogens is 130 g/mol. The van der Waals surface area contributed by atoms with Crippen molar-refractivity contribution < 1.29 is 9.47 Å². The maximum Gasteiger partial charge on any atom is 0.101 e. The van der Waals surface area contributed by atoms with Crippen molar-refractivity contribution in [3.05, 3.63) is 0 Å². The fourth-order valence-electron chi connectivity index (χ4n) is 1.72. The van der Waals surface area contributed by atoms with Crippen LogP contribution in [-0.4, -0.2) is 31.5 Å². The second-order valence-corrected chi connectivity index (χ2v) is 3.24. The summed E-state index contributed by atoms with van der Waals surface area (Å²) in [5, 5.41) is 0. The first-order valence-corrected chi connectivity index (χ1v) is 3.78. The molecule has 2 aliphatic heterocycles. The Kier molecular flexibility index (Phi) is 1.44. The van der Waals surface area contributed by atoms with Crippen molar-refractivity contribution in [3.8, 4) is 0 Å². The molecule has 4 atom stereocenters. The van der Waals surface area contributed by atoms with Gasteiger partial charge >= 0.3 is 0 Å². The van der Waals surface area contributed by atoms with Gasteiger partial charge in [0.15, 0.2) is 0 Å². The van der Waals surface area contributed by atoms with Gasteiger partial charge in [-0.2, -0.15) is 0 Å². The summed E-state index contributed by atoms with van der Waals surface area (Å²) in [5.74, 6) is 0.526. The predicted molar refractivity (Wildman–Crippen MR) is 36.6 cm³/mol. The molecular formula is C7H13NO2. The van der Waals surface area contributed by atoms with Gasteiger partial charge in [-0.05, 0) is 0 Å². The molecule has 2 aliphatic rings. The van der Waals surface area contributed by atoms with E-state index >= 15 is 0 Å². The van der Waals surface area contributed by atoms with Gasteiger partial charge in [0.05, 0.1) is 25.4 Å². The maximum atomic E-state index is 5.73. The first-order chi connectivity index (χ1) is 4.79. The van der Waals surface area contributed by atoms with Gasteiger partial charge in [0, 0.05) is 5.92 Å². The summed E-state index contributed by atoms with van der Waals surface area (Å²) in [6.45, 7) is 3.62. The number of fused-ring (bicyclic) bond motifs is 1. The Morgan fingerprint density at radius 3 is 2.60 bits per heavy atom. The Morgan fingerprint density at radius 1 is 1.20 bits per heavy atom. The third-order valence-electron chi connectivity index (χ3n) is 2.34. The summed E-state index contributed by atoms with van der Waals surface area (Å²) >= 11 is 0. The molecule has 0 saturated carbocycles. The standard InChI is InChI=1S/C7H13NO2/c1-4-2-9-7-5(8)3-10-6(4)7/h4-7H,2-3,8H2,1H3/t4-,5-,6?,7?/m1/s1. The van der Waals surface area contributed by atoms with Crippen LogP contribution in [0.25, 0.3) is 0 Å². The van der Waals surface area contributed by atoms with Crippen molar-refractivity contribution in [2.45, 2.75) is 25.2 Å². The number of rotatable bonds is 0. The van der Waals surface area contributed by atoms with Gasteiger partial charge in [0.1, 0.15) is 6.10 Å². The van der Waals surface area contributed by atoms with Gasteiger partial charge in [-0.3, -0.25) is 0 Å². The van der Waals surface area contributed by atoms with Crippen molar-refractivity contribution in [1.29, 1.82) is 0 Å². The third-order valence-corrected chi connectivity index (χ3v) is 2.34. The van der Waals surface area contributed by atoms with Crippen LogP contribution in [-0.2, 0) is 9.47 Å². The molecule has 3 heteroatoms. The lowest BCUT2D eigenvalue weighted by atomic mass is 10.0. The van der Waals surface area contributed by atoms with Crippen LogP contribution in [0.15, 0.2) is 0 Å². The van der Waals surface area contributed by atoms with Crippen molar-refractivity contribution in [3.63, 3.8) is 0 Å². The first kappa shape index (κ1) is 6.58. The summed E-state index contributed by atoms with van der Waals surface area (Å²) in [5.41, 5.74) is 5.73. The Bertz CT molecular complexity index is 124. The van der Waals surface area contributed by atoms with Crippen LogP contribution in [0.3, 0.4) is 0 Å². The first-order valence-electron chi connectivity index (χ1n) is 3.78. The van der Waals surface area contributed by atoms with Crippen LogP contribution >= 0.6 is 0 Å². The molecule has 2 N–H and O–H groups in total. The van der Waals surface area contributed by atoms with Gasteiger partial charge < -0.3 is 15.2 Å². The lowest BCUT2D eigenvalue weighted by Crippen LogP contribution is -2.35. The van der Waals surface area contributed by atoms with Crippen molar-refractivity contribution in [2.75, 3.05) is 13.2 Å². The molecule has 0 aromatic carbocycles. The lowest BCUT2D eigenvalue weighted by Gasteiger charge is -2.10. The molecule has 2 saturated heterocycles. The Labute approximate surface area is 60.5 Å². The average molecular weight is 143 g/mol. The van der Waals surface area contributed by atoms with Crippen molar-refractivity contribution in [1.82, 2.24) is 0 Å². The van der Waals surface area contributed by atoms with E-state index in [4.69, 9.17) is 15.2 Å². The van der Waals surface area contributed by atoms with Gasteiger partial charge in [-0.25, -0.2) is 0 Å². The minimum Gasteiger partial charge on any atom is -0.373 e. The van der Waals surface area contributed by atoms with Crippen molar-refractivity contribution in [2.24, 2.45) is 11.7 Å². The Hall–Kier alpha value is -0.120. The van der Waals surface area contributed by atoms with Crippen LogP contribution in [0.1, 0.15) is 6.92 Å². The number of nitrogens with two attached hydrogens (primary N) is 1. The zero-order valence-electron chi connectivity index (χ0n) is 6.12. The van der Waals surface area contributed by atoms with E-state index < -0.39 is 0 Å². The quantitative estimate of drug-likeness (QED) is 0.508. The summed E-state index contributed by atoms with van der Waals surface area (Å²) in [6.07, 6.45) is 0.449. The Morgan fingerprint density at radius 2 is 1.90 bits per heavy atom. The smallest absolute Gasteiger partial charge is 0.101 e. The van der Waals surface area contributed by atoms with Gasteiger partial charge in [0.2, 0.25) is 0 Å². The van der Waals surface area contributed by atoms with E-state index in [0.717, 1.165) is 6.61 Å². The molecule has 2 fully saturated rings. The molecule has 58 valence electrons. The highest BCUT2D eigenvalue weighted by molar-refractivity contribution is 4.94. The summed E-state index contributed by atoms with van der Waals surface area (Å²) < 4.78 is 10.9. The van der Waals surface area contributed by atoms with Gasteiger partial charge in [-0.15, -0.1) is 0 Å². The van der Waals surface area contributed by atoms with Crippen LogP contribution in [0.4, 0.5) is 0 Å². The molecule has 0 aliphatic carbocycles.